The van der Waals surface area contributed by atoms with Gasteiger partial charge in [0, 0.05) is 9.26 Å². The second-order valence-corrected chi connectivity index (χ2v) is 8.24. The third kappa shape index (κ3) is 5.21. The van der Waals surface area contributed by atoms with Gasteiger partial charge in [0.15, 0.2) is 16.4 Å². The van der Waals surface area contributed by atoms with E-state index in [-0.39, 0.29) is 23.2 Å². The summed E-state index contributed by atoms with van der Waals surface area (Å²) in [4.78, 5) is 12.1. The van der Waals surface area contributed by atoms with Gasteiger partial charge in [-0.1, -0.05) is 6.92 Å². The maximum atomic E-state index is 11.8. The normalized spacial score (nSPS) is 11.0. The lowest BCUT2D eigenvalue weighted by Crippen LogP contribution is -2.20. The minimum Gasteiger partial charge on any atom is -0.484 e. The van der Waals surface area contributed by atoms with Crippen molar-refractivity contribution in [3.8, 4) is 5.75 Å². The topological polar surface area (TPSA) is 72.5 Å². The van der Waals surface area contributed by atoms with Crippen LogP contribution in [0.5, 0.6) is 5.75 Å². The Bertz CT molecular complexity index is 771. The van der Waals surface area contributed by atoms with Gasteiger partial charge in [-0.05, 0) is 71.1 Å². The number of anilines is 1. The minimum absolute atomic E-state index is 0.0442. The van der Waals surface area contributed by atoms with Crippen molar-refractivity contribution in [2.45, 2.75) is 11.8 Å². The Balaban J connectivity index is 1.91. The molecule has 1 amide bonds. The number of benzene rings is 2. The molecule has 0 aliphatic rings. The van der Waals surface area contributed by atoms with Gasteiger partial charge in [-0.2, -0.15) is 0 Å². The Morgan fingerprint density at radius 3 is 2.26 bits per heavy atom. The molecule has 7 heteroatoms. The number of sulfone groups is 1. The van der Waals surface area contributed by atoms with E-state index in [9.17, 15) is 13.2 Å². The first kappa shape index (κ1) is 17.7. The van der Waals surface area contributed by atoms with Crippen LogP contribution in [0.1, 0.15) is 6.92 Å². The Morgan fingerprint density at radius 2 is 1.70 bits per heavy atom. The number of nitrogens with one attached hydrogen (secondary N) is 1. The third-order valence-electron chi connectivity index (χ3n) is 3.06. The molecule has 2 aromatic carbocycles. The summed E-state index contributed by atoms with van der Waals surface area (Å²) in [5.74, 6) is 0.349. The average molecular weight is 445 g/mol. The highest BCUT2D eigenvalue weighted by Gasteiger charge is 2.11. The van der Waals surface area contributed by atoms with Crippen LogP contribution in [-0.2, 0) is 14.6 Å². The van der Waals surface area contributed by atoms with Crippen molar-refractivity contribution < 1.29 is 17.9 Å². The first-order valence-corrected chi connectivity index (χ1v) is 9.65. The molecule has 0 saturated carbocycles. The van der Waals surface area contributed by atoms with Crippen LogP contribution in [0.3, 0.4) is 0 Å². The molecule has 0 unspecified atom stereocenters. The molecule has 0 aromatic heterocycles. The number of amides is 1. The van der Waals surface area contributed by atoms with E-state index in [4.69, 9.17) is 4.74 Å². The highest BCUT2D eigenvalue weighted by Crippen LogP contribution is 2.16. The molecule has 122 valence electrons. The molecule has 0 atom stereocenters. The average Bonchev–Trinajstić information content (AvgIpc) is 2.55. The maximum absolute atomic E-state index is 11.8. The molecule has 0 saturated heterocycles. The van der Waals surface area contributed by atoms with E-state index in [2.05, 4.69) is 27.9 Å². The van der Waals surface area contributed by atoms with Crippen molar-refractivity contribution in [1.29, 1.82) is 0 Å². The lowest BCUT2D eigenvalue weighted by atomic mass is 10.3. The van der Waals surface area contributed by atoms with Gasteiger partial charge in [-0.25, -0.2) is 8.42 Å². The number of rotatable bonds is 6. The molecule has 1 N–H and O–H groups in total. The highest BCUT2D eigenvalue weighted by atomic mass is 127. The second kappa shape index (κ2) is 7.78. The molecule has 0 radical (unpaired) electrons. The van der Waals surface area contributed by atoms with Crippen LogP contribution >= 0.6 is 22.6 Å². The van der Waals surface area contributed by atoms with E-state index in [1.165, 1.54) is 12.1 Å². The van der Waals surface area contributed by atoms with Crippen LogP contribution in [0.2, 0.25) is 0 Å². The van der Waals surface area contributed by atoms with Crippen LogP contribution in [0, 0.1) is 3.57 Å². The summed E-state index contributed by atoms with van der Waals surface area (Å²) >= 11 is 2.19. The van der Waals surface area contributed by atoms with E-state index < -0.39 is 9.84 Å². The lowest BCUT2D eigenvalue weighted by Gasteiger charge is -2.08. The third-order valence-corrected chi connectivity index (χ3v) is 5.53. The molecule has 2 rings (SSSR count). The molecule has 5 nitrogen and oxygen atoms in total. The van der Waals surface area contributed by atoms with Crippen molar-refractivity contribution >= 4 is 44.0 Å². The lowest BCUT2D eigenvalue weighted by molar-refractivity contribution is -0.118. The largest absolute Gasteiger partial charge is 0.484 e. The summed E-state index contributed by atoms with van der Waals surface area (Å²) in [7, 11) is -3.23. The molecule has 2 aromatic rings. The predicted octanol–water partition coefficient (Wildman–Crippen LogP) is 3.10. The zero-order valence-corrected chi connectivity index (χ0v) is 15.4. The Morgan fingerprint density at radius 1 is 1.09 bits per heavy atom. The standard InChI is InChI=1S/C16H16INO4S/c1-2-23(20,21)15-9-5-13(6-10-15)18-16(19)11-22-14-7-3-12(17)4-8-14/h3-10H,2,11H2,1H3,(H,18,19). The molecule has 0 heterocycles. The fraction of sp³-hybridized carbons (Fsp3) is 0.188. The number of hydrogen-bond donors (Lipinski definition) is 1. The maximum Gasteiger partial charge on any atom is 0.262 e. The quantitative estimate of drug-likeness (QED) is 0.694. The fourth-order valence-corrected chi connectivity index (χ4v) is 3.03. The molecule has 23 heavy (non-hydrogen) atoms. The van der Waals surface area contributed by atoms with Gasteiger partial charge in [0.05, 0.1) is 10.6 Å². The molecule has 0 fully saturated rings. The van der Waals surface area contributed by atoms with Gasteiger partial charge in [-0.15, -0.1) is 0 Å². The van der Waals surface area contributed by atoms with Crippen LogP contribution in [0.4, 0.5) is 5.69 Å². The Hall–Kier alpha value is -1.61. The fourth-order valence-electron chi connectivity index (χ4n) is 1.79. The molecular weight excluding hydrogens is 429 g/mol. The van der Waals surface area contributed by atoms with E-state index in [0.717, 1.165) is 3.57 Å². The van der Waals surface area contributed by atoms with Gasteiger partial charge >= 0.3 is 0 Å². The minimum atomic E-state index is -3.23. The van der Waals surface area contributed by atoms with Gasteiger partial charge in [0.1, 0.15) is 5.75 Å². The SMILES string of the molecule is CCS(=O)(=O)c1ccc(NC(=O)COc2ccc(I)cc2)cc1. The predicted molar refractivity (Wildman–Crippen MR) is 97.5 cm³/mol. The summed E-state index contributed by atoms with van der Waals surface area (Å²) in [6.45, 7) is 1.47. The van der Waals surface area contributed by atoms with Crippen molar-refractivity contribution in [3.63, 3.8) is 0 Å². The van der Waals surface area contributed by atoms with Crippen molar-refractivity contribution in [3.05, 3.63) is 52.1 Å². The Labute approximate surface area is 149 Å². The van der Waals surface area contributed by atoms with Gasteiger partial charge in [0.25, 0.3) is 5.91 Å². The molecule has 0 bridgehead atoms. The van der Waals surface area contributed by atoms with E-state index in [0.29, 0.717) is 11.4 Å². The monoisotopic (exact) mass is 445 g/mol. The van der Waals surface area contributed by atoms with Crippen LogP contribution < -0.4 is 10.1 Å². The number of carbonyl (C=O) groups is 1. The van der Waals surface area contributed by atoms with Crippen molar-refractivity contribution in [1.82, 2.24) is 0 Å². The molecular formula is C16H16INO4S. The van der Waals surface area contributed by atoms with Crippen molar-refractivity contribution in [2.75, 3.05) is 17.7 Å². The summed E-state index contributed by atoms with van der Waals surface area (Å²) in [6, 6.07) is 13.4. The highest BCUT2D eigenvalue weighted by molar-refractivity contribution is 14.1. The molecule has 0 aliphatic heterocycles. The zero-order chi connectivity index (χ0) is 16.9. The van der Waals surface area contributed by atoms with Crippen LogP contribution in [-0.4, -0.2) is 26.7 Å². The van der Waals surface area contributed by atoms with Crippen LogP contribution in [0.15, 0.2) is 53.4 Å². The first-order valence-electron chi connectivity index (χ1n) is 6.92. The van der Waals surface area contributed by atoms with E-state index in [1.807, 2.05) is 12.1 Å². The van der Waals surface area contributed by atoms with Crippen molar-refractivity contribution in [2.24, 2.45) is 0 Å². The smallest absolute Gasteiger partial charge is 0.262 e. The first-order chi connectivity index (χ1) is 10.9. The summed E-state index contributed by atoms with van der Waals surface area (Å²) in [6.07, 6.45) is 0. The second-order valence-electron chi connectivity index (χ2n) is 4.72. The number of halogens is 1. The van der Waals surface area contributed by atoms with E-state index in [1.54, 1.807) is 31.2 Å². The molecule has 0 spiro atoms. The van der Waals surface area contributed by atoms with E-state index >= 15 is 0 Å². The van der Waals surface area contributed by atoms with Gasteiger partial charge in [0.2, 0.25) is 0 Å². The number of ether oxygens (including phenoxy) is 1. The Kier molecular flexibility index (Phi) is 6.00. The van der Waals surface area contributed by atoms with Gasteiger partial charge in [-0.3, -0.25) is 4.79 Å². The summed E-state index contributed by atoms with van der Waals surface area (Å²) in [5, 5.41) is 2.66. The summed E-state index contributed by atoms with van der Waals surface area (Å²) < 4.78 is 29.9. The zero-order valence-electron chi connectivity index (χ0n) is 12.5. The molecule has 0 aliphatic carbocycles. The summed E-state index contributed by atoms with van der Waals surface area (Å²) in [5.41, 5.74) is 0.524. The van der Waals surface area contributed by atoms with Gasteiger partial charge < -0.3 is 10.1 Å². The number of carbonyl (C=O) groups excluding carboxylic acids is 1. The number of hydrogen-bond acceptors (Lipinski definition) is 4. The van der Waals surface area contributed by atoms with Crippen LogP contribution in [0.25, 0.3) is 0 Å².